The fourth-order valence-electron chi connectivity index (χ4n) is 2.38. The second kappa shape index (κ2) is 6.51. The van der Waals surface area contributed by atoms with Crippen molar-refractivity contribution in [1.29, 1.82) is 0 Å². The molecule has 0 spiro atoms. The summed E-state index contributed by atoms with van der Waals surface area (Å²) in [5.41, 5.74) is -0.698. The summed E-state index contributed by atoms with van der Waals surface area (Å²) in [4.78, 5) is 4.19. The molecule has 21 heavy (non-hydrogen) atoms. The van der Waals surface area contributed by atoms with Gasteiger partial charge in [0.15, 0.2) is 0 Å². The number of hydrogen-bond acceptors (Lipinski definition) is 4. The maximum absolute atomic E-state index is 12.9. The van der Waals surface area contributed by atoms with E-state index < -0.39 is 11.7 Å². The van der Waals surface area contributed by atoms with Gasteiger partial charge in [-0.1, -0.05) is 0 Å². The Labute approximate surface area is 122 Å². The van der Waals surface area contributed by atoms with Crippen LogP contribution >= 0.6 is 0 Å². The van der Waals surface area contributed by atoms with Crippen LogP contribution in [-0.2, 0) is 10.9 Å². The molecule has 7 heteroatoms. The molecular weight excluding hydrogens is 283 g/mol. The molecule has 1 aliphatic heterocycles. The predicted molar refractivity (Wildman–Crippen MR) is 75.5 cm³/mol. The van der Waals surface area contributed by atoms with Crippen LogP contribution in [0.5, 0.6) is 0 Å². The number of halogens is 3. The van der Waals surface area contributed by atoms with Crippen LogP contribution in [-0.4, -0.2) is 30.3 Å². The second-order valence-electron chi connectivity index (χ2n) is 5.20. The first-order valence-electron chi connectivity index (χ1n) is 7.09. The fraction of sp³-hybridized carbons (Fsp3) is 0.643. The Bertz CT molecular complexity index is 479. The molecule has 4 nitrogen and oxygen atoms in total. The molecule has 1 aromatic heterocycles. The van der Waals surface area contributed by atoms with E-state index in [0.29, 0.717) is 13.2 Å². The SMILES string of the molecule is CCNc1cc(C(F)(F)F)cc(NC2CCOC(C)C2)n1. The number of nitrogens with zero attached hydrogens (tertiary/aromatic N) is 1. The third-order valence-electron chi connectivity index (χ3n) is 3.35. The minimum absolute atomic E-state index is 0.0826. The number of anilines is 2. The summed E-state index contributed by atoms with van der Waals surface area (Å²) in [6.45, 7) is 4.90. The maximum atomic E-state index is 12.9. The van der Waals surface area contributed by atoms with E-state index in [1.807, 2.05) is 13.8 Å². The van der Waals surface area contributed by atoms with Gasteiger partial charge in [0.2, 0.25) is 0 Å². The molecule has 2 atom stereocenters. The smallest absolute Gasteiger partial charge is 0.378 e. The van der Waals surface area contributed by atoms with E-state index in [4.69, 9.17) is 4.74 Å². The van der Waals surface area contributed by atoms with E-state index in [0.717, 1.165) is 25.0 Å². The van der Waals surface area contributed by atoms with Crippen LogP contribution in [0.3, 0.4) is 0 Å². The van der Waals surface area contributed by atoms with Gasteiger partial charge in [-0.2, -0.15) is 13.2 Å². The van der Waals surface area contributed by atoms with Crippen molar-refractivity contribution in [2.24, 2.45) is 0 Å². The van der Waals surface area contributed by atoms with Gasteiger partial charge >= 0.3 is 6.18 Å². The summed E-state index contributed by atoms with van der Waals surface area (Å²) in [5.74, 6) is 0.481. The molecule has 2 rings (SSSR count). The average molecular weight is 303 g/mol. The van der Waals surface area contributed by atoms with E-state index in [-0.39, 0.29) is 23.8 Å². The Morgan fingerprint density at radius 1 is 1.33 bits per heavy atom. The van der Waals surface area contributed by atoms with Crippen LogP contribution in [0.25, 0.3) is 0 Å². The molecule has 0 amide bonds. The monoisotopic (exact) mass is 303 g/mol. The Morgan fingerprint density at radius 2 is 2.05 bits per heavy atom. The number of nitrogens with one attached hydrogen (secondary N) is 2. The standard InChI is InChI=1S/C14H20F3N3O/c1-3-18-12-7-10(14(15,16)17)8-13(20-12)19-11-4-5-21-9(2)6-11/h7-9,11H,3-6H2,1-2H3,(H2,18,19,20). The van der Waals surface area contributed by atoms with Crippen LogP contribution < -0.4 is 10.6 Å². The van der Waals surface area contributed by atoms with Gasteiger partial charge in [0, 0.05) is 19.2 Å². The van der Waals surface area contributed by atoms with E-state index in [1.165, 1.54) is 0 Å². The highest BCUT2D eigenvalue weighted by atomic mass is 19.4. The van der Waals surface area contributed by atoms with Crippen molar-refractivity contribution in [2.45, 2.75) is 45.0 Å². The molecule has 2 heterocycles. The predicted octanol–water partition coefficient (Wildman–Crippen LogP) is 3.51. The third kappa shape index (κ3) is 4.49. The van der Waals surface area contributed by atoms with Crippen LogP contribution in [0.15, 0.2) is 12.1 Å². The largest absolute Gasteiger partial charge is 0.416 e. The summed E-state index contributed by atoms with van der Waals surface area (Å²) in [6, 6.07) is 2.17. The van der Waals surface area contributed by atoms with Crippen molar-refractivity contribution in [2.75, 3.05) is 23.8 Å². The highest BCUT2D eigenvalue weighted by molar-refractivity contribution is 5.50. The molecule has 1 aliphatic rings. The molecule has 1 saturated heterocycles. The van der Waals surface area contributed by atoms with Crippen molar-refractivity contribution < 1.29 is 17.9 Å². The van der Waals surface area contributed by atoms with Crippen molar-refractivity contribution in [3.8, 4) is 0 Å². The Balaban J connectivity index is 2.19. The Hall–Kier alpha value is -1.50. The first-order valence-corrected chi connectivity index (χ1v) is 7.09. The molecular formula is C14H20F3N3O. The molecule has 2 unspecified atom stereocenters. The van der Waals surface area contributed by atoms with Crippen molar-refractivity contribution in [1.82, 2.24) is 4.98 Å². The topological polar surface area (TPSA) is 46.2 Å². The lowest BCUT2D eigenvalue weighted by Crippen LogP contribution is -2.32. The molecule has 0 radical (unpaired) electrons. The highest BCUT2D eigenvalue weighted by Gasteiger charge is 2.32. The van der Waals surface area contributed by atoms with Gasteiger partial charge in [-0.3, -0.25) is 0 Å². The lowest BCUT2D eigenvalue weighted by atomic mass is 10.0. The summed E-state index contributed by atoms with van der Waals surface area (Å²) in [7, 11) is 0. The first kappa shape index (κ1) is 15.9. The van der Waals surface area contributed by atoms with E-state index in [9.17, 15) is 13.2 Å². The summed E-state index contributed by atoms with van der Waals surface area (Å²) >= 11 is 0. The zero-order chi connectivity index (χ0) is 15.5. The molecule has 0 saturated carbocycles. The van der Waals surface area contributed by atoms with Gasteiger partial charge in [-0.25, -0.2) is 4.98 Å². The molecule has 0 bridgehead atoms. The lowest BCUT2D eigenvalue weighted by molar-refractivity contribution is -0.137. The number of aromatic nitrogens is 1. The van der Waals surface area contributed by atoms with Crippen LogP contribution in [0, 0.1) is 0 Å². The Kier molecular flexibility index (Phi) is 4.92. The minimum Gasteiger partial charge on any atom is -0.378 e. The number of alkyl halides is 3. The number of hydrogen-bond donors (Lipinski definition) is 2. The summed E-state index contributed by atoms with van der Waals surface area (Å²) in [6.07, 6.45) is -2.75. The van der Waals surface area contributed by atoms with Crippen LogP contribution in [0.1, 0.15) is 32.3 Å². The molecule has 1 fully saturated rings. The van der Waals surface area contributed by atoms with Gasteiger partial charge in [-0.15, -0.1) is 0 Å². The number of ether oxygens (including phenoxy) is 1. The zero-order valence-corrected chi connectivity index (χ0v) is 12.1. The van der Waals surface area contributed by atoms with E-state index in [2.05, 4.69) is 15.6 Å². The fourth-order valence-corrected chi connectivity index (χ4v) is 2.38. The van der Waals surface area contributed by atoms with Gasteiger partial charge in [0.05, 0.1) is 11.7 Å². The zero-order valence-electron chi connectivity index (χ0n) is 12.1. The van der Waals surface area contributed by atoms with E-state index >= 15 is 0 Å². The van der Waals surface area contributed by atoms with Crippen LogP contribution in [0.2, 0.25) is 0 Å². The third-order valence-corrected chi connectivity index (χ3v) is 3.35. The van der Waals surface area contributed by atoms with Gasteiger partial charge in [0.1, 0.15) is 11.6 Å². The molecule has 118 valence electrons. The quantitative estimate of drug-likeness (QED) is 0.893. The first-order chi connectivity index (χ1) is 9.88. The molecule has 0 aromatic carbocycles. The molecule has 1 aromatic rings. The molecule has 2 N–H and O–H groups in total. The number of pyridine rings is 1. The van der Waals surface area contributed by atoms with Gasteiger partial charge in [-0.05, 0) is 38.8 Å². The number of rotatable bonds is 4. The van der Waals surface area contributed by atoms with Gasteiger partial charge in [0.25, 0.3) is 0 Å². The highest BCUT2D eigenvalue weighted by Crippen LogP contribution is 2.32. The van der Waals surface area contributed by atoms with Crippen molar-refractivity contribution in [3.05, 3.63) is 17.7 Å². The van der Waals surface area contributed by atoms with Crippen molar-refractivity contribution in [3.63, 3.8) is 0 Å². The normalized spacial score (nSPS) is 22.9. The lowest BCUT2D eigenvalue weighted by Gasteiger charge is -2.28. The summed E-state index contributed by atoms with van der Waals surface area (Å²) in [5, 5.41) is 5.92. The average Bonchev–Trinajstić information content (AvgIpc) is 2.37. The van der Waals surface area contributed by atoms with E-state index in [1.54, 1.807) is 0 Å². The minimum atomic E-state index is -4.38. The Morgan fingerprint density at radius 3 is 2.67 bits per heavy atom. The summed E-state index contributed by atoms with van der Waals surface area (Å²) < 4.78 is 44.2. The van der Waals surface area contributed by atoms with Gasteiger partial charge < -0.3 is 15.4 Å². The second-order valence-corrected chi connectivity index (χ2v) is 5.20. The maximum Gasteiger partial charge on any atom is 0.416 e. The van der Waals surface area contributed by atoms with Crippen molar-refractivity contribution >= 4 is 11.6 Å². The van der Waals surface area contributed by atoms with Crippen LogP contribution in [0.4, 0.5) is 24.8 Å². The molecule has 0 aliphatic carbocycles.